The molecule has 1 aromatic carbocycles. The maximum Gasteiger partial charge on any atom is 0.302 e. The summed E-state index contributed by atoms with van der Waals surface area (Å²) < 4.78 is 5.19. The van der Waals surface area contributed by atoms with E-state index in [0.717, 1.165) is 17.7 Å². The molecular formula is C17H13N5O3. The minimum absolute atomic E-state index is 0.0634. The van der Waals surface area contributed by atoms with Crippen molar-refractivity contribution in [2.75, 3.05) is 16.8 Å². The zero-order valence-electron chi connectivity index (χ0n) is 13.0. The van der Waals surface area contributed by atoms with E-state index in [1.165, 1.54) is 24.9 Å². The molecule has 124 valence electrons. The summed E-state index contributed by atoms with van der Waals surface area (Å²) in [6.07, 6.45) is 6.23. The molecule has 2 amide bonds. The molecule has 1 N–H and O–H groups in total. The number of anilines is 2. The van der Waals surface area contributed by atoms with Crippen LogP contribution in [0.2, 0.25) is 0 Å². The standard InChI is InChI=1S/C17H13N5O3/c23-15(12-9-18-6-7-19-12)21-17-20-13(10-25-17)16(24)22-8-5-11-3-1-2-4-14(11)22/h1-4,6-7,9-10H,5,8H2,(H,20,21,23). The highest BCUT2D eigenvalue weighted by molar-refractivity contribution is 6.06. The van der Waals surface area contributed by atoms with Gasteiger partial charge in [-0.3, -0.25) is 19.9 Å². The number of nitrogens with zero attached hydrogens (tertiary/aromatic N) is 4. The second kappa shape index (κ2) is 6.16. The molecule has 4 rings (SSSR count). The normalized spacial score (nSPS) is 12.7. The topological polar surface area (TPSA) is 101 Å². The maximum absolute atomic E-state index is 12.6. The molecule has 3 aromatic rings. The van der Waals surface area contributed by atoms with Crippen molar-refractivity contribution in [1.29, 1.82) is 0 Å². The first-order valence-corrected chi connectivity index (χ1v) is 7.65. The summed E-state index contributed by atoms with van der Waals surface area (Å²) >= 11 is 0. The Morgan fingerprint density at radius 3 is 2.88 bits per heavy atom. The van der Waals surface area contributed by atoms with E-state index in [0.29, 0.717) is 6.54 Å². The predicted octanol–water partition coefficient (Wildman–Crippen LogP) is 1.92. The lowest BCUT2D eigenvalue weighted by Gasteiger charge is -2.15. The van der Waals surface area contributed by atoms with Crippen LogP contribution in [0.5, 0.6) is 0 Å². The number of hydrogen-bond acceptors (Lipinski definition) is 6. The molecule has 0 bridgehead atoms. The van der Waals surface area contributed by atoms with Crippen molar-refractivity contribution in [3.8, 4) is 0 Å². The van der Waals surface area contributed by atoms with Gasteiger partial charge in [0.15, 0.2) is 5.69 Å². The molecule has 3 heterocycles. The Morgan fingerprint density at radius 1 is 1.16 bits per heavy atom. The minimum atomic E-state index is -0.513. The average Bonchev–Trinajstić information content (AvgIpc) is 3.29. The van der Waals surface area contributed by atoms with E-state index < -0.39 is 5.91 Å². The van der Waals surface area contributed by atoms with Gasteiger partial charge in [0.1, 0.15) is 12.0 Å². The van der Waals surface area contributed by atoms with Gasteiger partial charge in [0.2, 0.25) is 0 Å². The van der Waals surface area contributed by atoms with Crippen LogP contribution in [0.3, 0.4) is 0 Å². The first-order chi connectivity index (χ1) is 12.2. The van der Waals surface area contributed by atoms with Crippen LogP contribution in [-0.2, 0) is 6.42 Å². The largest absolute Gasteiger partial charge is 0.431 e. The predicted molar refractivity (Wildman–Crippen MR) is 88.3 cm³/mol. The summed E-state index contributed by atoms with van der Waals surface area (Å²) in [4.78, 5) is 38.1. The van der Waals surface area contributed by atoms with Crippen LogP contribution in [0.25, 0.3) is 0 Å². The van der Waals surface area contributed by atoms with Gasteiger partial charge in [-0.05, 0) is 18.1 Å². The van der Waals surface area contributed by atoms with E-state index in [1.54, 1.807) is 4.90 Å². The minimum Gasteiger partial charge on any atom is -0.431 e. The molecule has 0 fully saturated rings. The first-order valence-electron chi connectivity index (χ1n) is 7.65. The summed E-state index contributed by atoms with van der Waals surface area (Å²) in [5, 5.41) is 2.45. The molecule has 25 heavy (non-hydrogen) atoms. The third-order valence-electron chi connectivity index (χ3n) is 3.87. The Morgan fingerprint density at radius 2 is 2.04 bits per heavy atom. The van der Waals surface area contributed by atoms with Crippen LogP contribution in [0.4, 0.5) is 11.7 Å². The Bertz CT molecular complexity index is 938. The highest BCUT2D eigenvalue weighted by Crippen LogP contribution is 2.28. The van der Waals surface area contributed by atoms with Crippen molar-refractivity contribution in [3.05, 3.63) is 66.1 Å². The molecule has 0 radical (unpaired) electrons. The fourth-order valence-corrected chi connectivity index (χ4v) is 2.69. The number of nitrogens with one attached hydrogen (secondary N) is 1. The quantitative estimate of drug-likeness (QED) is 0.785. The van der Waals surface area contributed by atoms with Crippen LogP contribution >= 0.6 is 0 Å². The zero-order valence-corrected chi connectivity index (χ0v) is 13.0. The van der Waals surface area contributed by atoms with Crippen molar-refractivity contribution in [1.82, 2.24) is 15.0 Å². The second-order valence-electron chi connectivity index (χ2n) is 5.42. The molecule has 2 aromatic heterocycles. The summed E-state index contributed by atoms with van der Waals surface area (Å²) in [5.74, 6) is -0.783. The molecule has 0 spiro atoms. The first kappa shape index (κ1) is 15.0. The second-order valence-corrected chi connectivity index (χ2v) is 5.42. The molecule has 1 aliphatic heterocycles. The van der Waals surface area contributed by atoms with Crippen LogP contribution in [0, 0.1) is 0 Å². The van der Waals surface area contributed by atoms with Gasteiger partial charge in [-0.15, -0.1) is 0 Å². The molecule has 0 unspecified atom stereocenters. The van der Waals surface area contributed by atoms with E-state index in [2.05, 4.69) is 20.3 Å². The molecular weight excluding hydrogens is 322 g/mol. The van der Waals surface area contributed by atoms with Crippen molar-refractivity contribution in [3.63, 3.8) is 0 Å². The van der Waals surface area contributed by atoms with Gasteiger partial charge in [0.25, 0.3) is 11.8 Å². The van der Waals surface area contributed by atoms with Crippen molar-refractivity contribution in [2.24, 2.45) is 0 Å². The lowest BCUT2D eigenvalue weighted by Crippen LogP contribution is -2.29. The van der Waals surface area contributed by atoms with E-state index in [1.807, 2.05) is 24.3 Å². The molecule has 8 heteroatoms. The highest BCUT2D eigenvalue weighted by atomic mass is 16.4. The Kier molecular flexibility index (Phi) is 3.70. The molecule has 0 saturated carbocycles. The van der Waals surface area contributed by atoms with Gasteiger partial charge in [-0.1, -0.05) is 18.2 Å². The molecule has 0 atom stereocenters. The van der Waals surface area contributed by atoms with E-state index in [4.69, 9.17) is 4.42 Å². The number of hydrogen-bond donors (Lipinski definition) is 1. The smallest absolute Gasteiger partial charge is 0.302 e. The third-order valence-corrected chi connectivity index (χ3v) is 3.87. The van der Waals surface area contributed by atoms with Gasteiger partial charge in [0.05, 0.1) is 6.20 Å². The Balaban J connectivity index is 1.50. The number of carbonyl (C=O) groups is 2. The Labute approximate surface area is 142 Å². The van der Waals surface area contributed by atoms with Crippen molar-refractivity contribution in [2.45, 2.75) is 6.42 Å². The molecule has 1 aliphatic rings. The summed E-state index contributed by atoms with van der Waals surface area (Å²) in [5.41, 5.74) is 2.25. The Hall–Kier alpha value is -3.55. The number of oxazole rings is 1. The maximum atomic E-state index is 12.6. The third kappa shape index (κ3) is 2.85. The molecule has 0 saturated heterocycles. The monoisotopic (exact) mass is 335 g/mol. The van der Waals surface area contributed by atoms with E-state index in [9.17, 15) is 9.59 Å². The van der Waals surface area contributed by atoms with Crippen molar-refractivity contribution >= 4 is 23.5 Å². The molecule has 8 nitrogen and oxygen atoms in total. The molecule has 0 aliphatic carbocycles. The van der Waals surface area contributed by atoms with Gasteiger partial charge < -0.3 is 9.32 Å². The lowest BCUT2D eigenvalue weighted by atomic mass is 10.2. The van der Waals surface area contributed by atoms with E-state index >= 15 is 0 Å². The average molecular weight is 335 g/mol. The fourth-order valence-electron chi connectivity index (χ4n) is 2.69. The van der Waals surface area contributed by atoms with Crippen LogP contribution in [0.15, 0.2) is 53.5 Å². The van der Waals surface area contributed by atoms with Crippen LogP contribution in [0.1, 0.15) is 26.5 Å². The van der Waals surface area contributed by atoms with Crippen LogP contribution < -0.4 is 10.2 Å². The number of amides is 2. The van der Waals surface area contributed by atoms with Gasteiger partial charge >= 0.3 is 6.01 Å². The SMILES string of the molecule is O=C(Nc1nc(C(=O)N2CCc3ccccc32)co1)c1cnccn1. The fraction of sp³-hybridized carbons (Fsp3) is 0.118. The zero-order chi connectivity index (χ0) is 17.2. The summed E-state index contributed by atoms with van der Waals surface area (Å²) in [6.45, 7) is 0.590. The van der Waals surface area contributed by atoms with Gasteiger partial charge in [-0.25, -0.2) is 4.98 Å². The van der Waals surface area contributed by atoms with E-state index in [-0.39, 0.29) is 23.3 Å². The van der Waals surface area contributed by atoms with Gasteiger partial charge in [0, 0.05) is 24.6 Å². The number of rotatable bonds is 3. The number of carbonyl (C=O) groups excluding carboxylic acids is 2. The summed E-state index contributed by atoms with van der Waals surface area (Å²) in [7, 11) is 0. The van der Waals surface area contributed by atoms with Crippen molar-refractivity contribution < 1.29 is 14.0 Å². The number of benzene rings is 1. The summed E-state index contributed by atoms with van der Waals surface area (Å²) in [6, 6.07) is 7.67. The number of fused-ring (bicyclic) bond motifs is 1. The lowest BCUT2D eigenvalue weighted by molar-refractivity contribution is 0.0982. The van der Waals surface area contributed by atoms with Gasteiger partial charge in [-0.2, -0.15) is 4.98 Å². The number of para-hydroxylation sites is 1. The highest BCUT2D eigenvalue weighted by Gasteiger charge is 2.27. The number of aromatic nitrogens is 3. The van der Waals surface area contributed by atoms with Crippen LogP contribution in [-0.4, -0.2) is 33.3 Å².